The van der Waals surface area contributed by atoms with Crippen LogP contribution in [0.2, 0.25) is 0 Å². The van der Waals surface area contributed by atoms with Crippen molar-refractivity contribution in [3.63, 3.8) is 0 Å². The van der Waals surface area contributed by atoms with Gasteiger partial charge in [0.2, 0.25) is 5.91 Å². The summed E-state index contributed by atoms with van der Waals surface area (Å²) in [4.78, 5) is 23.4. The van der Waals surface area contributed by atoms with Crippen molar-refractivity contribution >= 4 is 11.9 Å². The lowest BCUT2D eigenvalue weighted by Gasteiger charge is -2.07. The third-order valence-electron chi connectivity index (χ3n) is 3.17. The van der Waals surface area contributed by atoms with Crippen LogP contribution in [0.1, 0.15) is 16.7 Å². The van der Waals surface area contributed by atoms with Gasteiger partial charge in [0.15, 0.2) is 0 Å². The van der Waals surface area contributed by atoms with Crippen molar-refractivity contribution in [2.24, 2.45) is 0 Å². The number of amides is 1. The van der Waals surface area contributed by atoms with Gasteiger partial charge in [-0.3, -0.25) is 4.79 Å². The summed E-state index contributed by atoms with van der Waals surface area (Å²) in [6.45, 7) is 3.81. The smallest absolute Gasteiger partial charge is 0.330 e. The predicted octanol–water partition coefficient (Wildman–Crippen LogP) is 2.57. The third-order valence-corrected chi connectivity index (χ3v) is 3.17. The molecule has 0 saturated carbocycles. The van der Waals surface area contributed by atoms with Crippen LogP contribution in [-0.2, 0) is 16.0 Å². The quantitative estimate of drug-likeness (QED) is 0.681. The molecule has 0 aliphatic rings. The fraction of sp³-hybridized carbons (Fsp3) is 0.222. The van der Waals surface area contributed by atoms with Gasteiger partial charge in [-0.25, -0.2) is 4.79 Å². The first-order valence-electron chi connectivity index (χ1n) is 7.12. The fourth-order valence-corrected chi connectivity index (χ4v) is 1.90. The van der Waals surface area contributed by atoms with Crippen LogP contribution in [0.15, 0.2) is 48.5 Å². The Labute approximate surface area is 130 Å². The number of hydrogen-bond donors (Lipinski definition) is 1. The molecule has 0 heterocycles. The predicted molar refractivity (Wildman–Crippen MR) is 84.7 cm³/mol. The maximum atomic E-state index is 11.8. The highest BCUT2D eigenvalue weighted by Gasteiger charge is 2.08. The molecule has 2 aromatic rings. The van der Waals surface area contributed by atoms with Gasteiger partial charge in [0.25, 0.3) is 0 Å². The molecule has 2 aromatic carbocycles. The minimum atomic E-state index is -0.485. The van der Waals surface area contributed by atoms with Crippen molar-refractivity contribution in [1.82, 2.24) is 5.32 Å². The van der Waals surface area contributed by atoms with Crippen LogP contribution in [0.4, 0.5) is 0 Å². The van der Waals surface area contributed by atoms with E-state index in [0.29, 0.717) is 5.75 Å². The molecule has 0 spiro atoms. The summed E-state index contributed by atoms with van der Waals surface area (Å²) in [6, 6.07) is 14.9. The molecule has 0 aliphatic carbocycles. The maximum absolute atomic E-state index is 11.8. The van der Waals surface area contributed by atoms with E-state index in [9.17, 15) is 9.59 Å². The van der Waals surface area contributed by atoms with Gasteiger partial charge in [0, 0.05) is 0 Å². The van der Waals surface area contributed by atoms with E-state index in [1.54, 1.807) is 12.1 Å². The number of hydrogen-bond acceptors (Lipinski definition) is 3. The summed E-state index contributed by atoms with van der Waals surface area (Å²) < 4.78 is 5.13. The molecule has 0 radical (unpaired) electrons. The largest absolute Gasteiger partial charge is 0.425 e. The van der Waals surface area contributed by atoms with Crippen LogP contribution < -0.4 is 10.1 Å². The highest BCUT2D eigenvalue weighted by Crippen LogP contribution is 2.11. The van der Waals surface area contributed by atoms with E-state index in [2.05, 4.69) is 5.32 Å². The molecule has 0 bridgehead atoms. The molecule has 0 saturated heterocycles. The lowest BCUT2D eigenvalue weighted by molar-refractivity contribution is -0.135. The summed E-state index contributed by atoms with van der Waals surface area (Å²) in [7, 11) is 0. The van der Waals surface area contributed by atoms with E-state index >= 15 is 0 Å². The van der Waals surface area contributed by atoms with Crippen LogP contribution in [0.25, 0.3) is 0 Å². The Kier molecular flexibility index (Phi) is 5.31. The van der Waals surface area contributed by atoms with Gasteiger partial charge in [-0.05, 0) is 31.5 Å². The van der Waals surface area contributed by atoms with Crippen LogP contribution in [-0.4, -0.2) is 18.4 Å². The molecule has 1 N–H and O–H groups in total. The molecule has 2 rings (SSSR count). The van der Waals surface area contributed by atoms with E-state index in [4.69, 9.17) is 4.74 Å². The minimum Gasteiger partial charge on any atom is -0.425 e. The van der Waals surface area contributed by atoms with Gasteiger partial charge < -0.3 is 10.1 Å². The van der Waals surface area contributed by atoms with Gasteiger partial charge in [-0.15, -0.1) is 0 Å². The van der Waals surface area contributed by atoms with Gasteiger partial charge in [-0.2, -0.15) is 0 Å². The molecule has 0 atom stereocenters. The Morgan fingerprint density at radius 3 is 2.05 bits per heavy atom. The molecular weight excluding hydrogens is 278 g/mol. The van der Waals surface area contributed by atoms with Crippen LogP contribution in [0.3, 0.4) is 0 Å². The van der Waals surface area contributed by atoms with E-state index < -0.39 is 5.97 Å². The Hall–Kier alpha value is -2.62. The highest BCUT2D eigenvalue weighted by atomic mass is 16.5. The molecule has 1 amide bonds. The molecule has 22 heavy (non-hydrogen) atoms. The average molecular weight is 297 g/mol. The standard InChI is InChI=1S/C18H19NO3/c1-13-3-7-15(8-4-13)11-17(20)19-12-18(21)22-16-9-5-14(2)6-10-16/h3-10H,11-12H2,1-2H3,(H,19,20). The van der Waals surface area contributed by atoms with E-state index in [1.165, 1.54) is 0 Å². The first kappa shape index (κ1) is 15.8. The number of carbonyl (C=O) groups excluding carboxylic acids is 2. The van der Waals surface area contributed by atoms with Crippen molar-refractivity contribution in [2.75, 3.05) is 6.54 Å². The average Bonchev–Trinajstić information content (AvgIpc) is 2.50. The molecule has 0 aromatic heterocycles. The van der Waals surface area contributed by atoms with Crippen molar-refractivity contribution < 1.29 is 14.3 Å². The monoisotopic (exact) mass is 297 g/mol. The summed E-state index contributed by atoms with van der Waals surface area (Å²) in [5, 5.41) is 2.56. The molecule has 4 heteroatoms. The zero-order valence-corrected chi connectivity index (χ0v) is 12.8. The van der Waals surface area contributed by atoms with Gasteiger partial charge in [-0.1, -0.05) is 47.5 Å². The molecule has 114 valence electrons. The lowest BCUT2D eigenvalue weighted by Crippen LogP contribution is -2.32. The molecule has 0 unspecified atom stereocenters. The number of rotatable bonds is 5. The lowest BCUT2D eigenvalue weighted by atomic mass is 10.1. The Bertz CT molecular complexity index is 586. The molecule has 0 aliphatic heterocycles. The topological polar surface area (TPSA) is 55.4 Å². The van der Waals surface area contributed by atoms with Gasteiger partial charge >= 0.3 is 5.97 Å². The van der Waals surface area contributed by atoms with Crippen molar-refractivity contribution in [2.45, 2.75) is 20.3 Å². The summed E-state index contributed by atoms with van der Waals surface area (Å²) in [5.41, 5.74) is 3.15. The normalized spacial score (nSPS) is 10.1. The second kappa shape index (κ2) is 7.41. The summed E-state index contributed by atoms with van der Waals surface area (Å²) in [5.74, 6) is -0.214. The van der Waals surface area contributed by atoms with Crippen molar-refractivity contribution in [3.8, 4) is 5.75 Å². The van der Waals surface area contributed by atoms with Crippen molar-refractivity contribution in [1.29, 1.82) is 0 Å². The van der Waals surface area contributed by atoms with Crippen LogP contribution in [0.5, 0.6) is 5.75 Å². The maximum Gasteiger partial charge on any atom is 0.330 e. The first-order chi connectivity index (χ1) is 10.5. The van der Waals surface area contributed by atoms with Crippen LogP contribution in [0, 0.1) is 13.8 Å². The van der Waals surface area contributed by atoms with Crippen LogP contribution >= 0.6 is 0 Å². The number of aryl methyl sites for hydroxylation is 2. The van der Waals surface area contributed by atoms with E-state index in [1.807, 2.05) is 50.2 Å². The first-order valence-corrected chi connectivity index (χ1v) is 7.12. The zero-order chi connectivity index (χ0) is 15.9. The number of benzene rings is 2. The Balaban J connectivity index is 1.76. The van der Waals surface area contributed by atoms with Gasteiger partial charge in [0.05, 0.1) is 6.42 Å². The summed E-state index contributed by atoms with van der Waals surface area (Å²) in [6.07, 6.45) is 0.248. The minimum absolute atomic E-state index is 0.140. The van der Waals surface area contributed by atoms with E-state index in [0.717, 1.165) is 16.7 Å². The zero-order valence-electron chi connectivity index (χ0n) is 12.8. The fourth-order valence-electron chi connectivity index (χ4n) is 1.90. The molecular formula is C18H19NO3. The molecule has 4 nitrogen and oxygen atoms in total. The number of esters is 1. The number of carbonyl (C=O) groups is 2. The molecule has 0 fully saturated rings. The number of nitrogens with one attached hydrogen (secondary N) is 1. The van der Waals surface area contributed by atoms with E-state index in [-0.39, 0.29) is 18.9 Å². The highest BCUT2D eigenvalue weighted by molar-refractivity contribution is 5.84. The third kappa shape index (κ3) is 5.05. The SMILES string of the molecule is Cc1ccc(CC(=O)NCC(=O)Oc2ccc(C)cc2)cc1. The second-order valence-electron chi connectivity index (χ2n) is 5.23. The van der Waals surface area contributed by atoms with Crippen molar-refractivity contribution in [3.05, 3.63) is 65.2 Å². The Morgan fingerprint density at radius 2 is 1.45 bits per heavy atom. The second-order valence-corrected chi connectivity index (χ2v) is 5.23. The Morgan fingerprint density at radius 1 is 0.909 bits per heavy atom. The number of ether oxygens (including phenoxy) is 1. The summed E-state index contributed by atoms with van der Waals surface area (Å²) >= 11 is 0. The van der Waals surface area contributed by atoms with Gasteiger partial charge in [0.1, 0.15) is 12.3 Å².